The molecule has 0 radical (unpaired) electrons. The smallest absolute Gasteiger partial charge is 0.247 e. The second-order valence-electron chi connectivity index (χ2n) is 7.04. The summed E-state index contributed by atoms with van der Waals surface area (Å²) in [6, 6.07) is 21.6. The van der Waals surface area contributed by atoms with Gasteiger partial charge >= 0.3 is 0 Å². The molecule has 0 unspecified atom stereocenters. The molecule has 2 aromatic carbocycles. The summed E-state index contributed by atoms with van der Waals surface area (Å²) >= 11 is 6.52. The zero-order valence-corrected chi connectivity index (χ0v) is 20.2. The summed E-state index contributed by atoms with van der Waals surface area (Å²) in [6.07, 6.45) is -0.658. The average Bonchev–Trinajstić information content (AvgIpc) is 3.18. The first-order chi connectivity index (χ1) is 15.6. The van der Waals surface area contributed by atoms with Gasteiger partial charge in [-0.1, -0.05) is 60.3 Å². The molecule has 0 spiro atoms. The lowest BCUT2D eigenvalue weighted by atomic mass is 10.1. The molecule has 0 saturated carbocycles. The third kappa shape index (κ3) is 4.15. The lowest BCUT2D eigenvalue weighted by Gasteiger charge is -2.28. The molecule has 0 bridgehead atoms. The van der Waals surface area contributed by atoms with Crippen LogP contribution in [0.2, 0.25) is 0 Å². The number of carbonyl (C=O) groups excluding carboxylic acids is 1. The van der Waals surface area contributed by atoms with E-state index in [0.29, 0.717) is 22.4 Å². The Morgan fingerprint density at radius 1 is 1.09 bits per heavy atom. The number of hydrogen-bond acceptors (Lipinski definition) is 7. The predicted octanol–water partition coefficient (Wildman–Crippen LogP) is 6.10. The van der Waals surface area contributed by atoms with Crippen molar-refractivity contribution < 1.29 is 9.53 Å². The van der Waals surface area contributed by atoms with Crippen molar-refractivity contribution in [1.29, 1.82) is 0 Å². The number of thioether (sulfide) groups is 1. The molecule has 1 atom stereocenters. The minimum atomic E-state index is -0.658. The highest BCUT2D eigenvalue weighted by Crippen LogP contribution is 2.44. The van der Waals surface area contributed by atoms with E-state index >= 15 is 0 Å². The number of amides is 1. The molecule has 1 aliphatic rings. The maximum absolute atomic E-state index is 12.8. The van der Waals surface area contributed by atoms with E-state index < -0.39 is 6.23 Å². The Bertz CT molecular complexity index is 1280. The highest BCUT2D eigenvalue weighted by atomic mass is 79.9. The van der Waals surface area contributed by atoms with Crippen molar-refractivity contribution >= 4 is 50.6 Å². The molecule has 1 aliphatic heterocycles. The van der Waals surface area contributed by atoms with Gasteiger partial charge in [0.15, 0.2) is 5.69 Å². The number of para-hydroxylation sites is 1. The maximum atomic E-state index is 12.8. The Labute approximate surface area is 201 Å². The molecule has 32 heavy (non-hydrogen) atoms. The molecule has 3 heterocycles. The van der Waals surface area contributed by atoms with Gasteiger partial charge in [-0.3, -0.25) is 9.69 Å². The summed E-state index contributed by atoms with van der Waals surface area (Å²) in [5.74, 6) is 0.950. The summed E-state index contributed by atoms with van der Waals surface area (Å²) < 4.78 is 7.33. The van der Waals surface area contributed by atoms with Crippen LogP contribution in [-0.4, -0.2) is 21.1 Å². The fraction of sp³-hybridized carbons (Fsp3) is 0.130. The van der Waals surface area contributed by atoms with E-state index in [4.69, 9.17) is 4.74 Å². The van der Waals surface area contributed by atoms with Crippen LogP contribution in [0.25, 0.3) is 11.3 Å². The van der Waals surface area contributed by atoms with E-state index in [-0.39, 0.29) is 5.91 Å². The maximum Gasteiger partial charge on any atom is 0.247 e. The molecule has 0 fully saturated rings. The largest absolute Gasteiger partial charge is 0.446 e. The van der Waals surface area contributed by atoms with Crippen molar-refractivity contribution in [1.82, 2.24) is 15.2 Å². The Morgan fingerprint density at radius 3 is 2.62 bits per heavy atom. The number of benzene rings is 2. The molecule has 9 heteroatoms. The summed E-state index contributed by atoms with van der Waals surface area (Å²) in [7, 11) is 0. The number of aromatic nitrogens is 3. The average molecular weight is 525 g/mol. The summed E-state index contributed by atoms with van der Waals surface area (Å²) in [5, 5.41) is 9.31. The number of nitrogens with zero attached hydrogens (tertiary/aromatic N) is 4. The Hall–Kier alpha value is -2.75. The van der Waals surface area contributed by atoms with Crippen LogP contribution in [0.3, 0.4) is 0 Å². The van der Waals surface area contributed by atoms with Crippen LogP contribution >= 0.6 is 39.0 Å². The number of thiophene rings is 1. The van der Waals surface area contributed by atoms with Crippen molar-refractivity contribution in [3.63, 3.8) is 0 Å². The van der Waals surface area contributed by atoms with Crippen molar-refractivity contribution in [3.8, 4) is 17.1 Å². The number of hydrogen-bond donors (Lipinski definition) is 0. The molecule has 1 amide bonds. The number of ether oxygens (including phenoxy) is 1. The van der Waals surface area contributed by atoms with Crippen LogP contribution < -0.4 is 9.64 Å². The molecule has 0 N–H and O–H groups in total. The predicted molar refractivity (Wildman–Crippen MR) is 130 cm³/mol. The summed E-state index contributed by atoms with van der Waals surface area (Å²) in [5.41, 5.74) is 3.17. The lowest BCUT2D eigenvalue weighted by molar-refractivity contribution is -0.118. The highest BCUT2D eigenvalue weighted by Gasteiger charge is 2.35. The van der Waals surface area contributed by atoms with Gasteiger partial charge in [0.05, 0.1) is 14.4 Å². The van der Waals surface area contributed by atoms with Gasteiger partial charge in [0, 0.05) is 18.2 Å². The number of anilines is 1. The first-order valence-corrected chi connectivity index (χ1v) is 12.4. The minimum absolute atomic E-state index is 0.133. The van der Waals surface area contributed by atoms with Crippen LogP contribution in [0.5, 0.6) is 5.88 Å². The van der Waals surface area contributed by atoms with Gasteiger partial charge in [0.25, 0.3) is 0 Å². The molecular weight excluding hydrogens is 508 g/mol. The molecule has 0 aliphatic carbocycles. The zero-order valence-electron chi connectivity index (χ0n) is 16.9. The second-order valence-corrected chi connectivity index (χ2v) is 10.5. The Kier molecular flexibility index (Phi) is 5.95. The molecule has 0 saturated heterocycles. The van der Waals surface area contributed by atoms with Gasteiger partial charge in [-0.25, -0.2) is 0 Å². The second kappa shape index (κ2) is 9.01. The van der Waals surface area contributed by atoms with Crippen LogP contribution in [0, 0.1) is 0 Å². The molecule has 6 nitrogen and oxygen atoms in total. The van der Waals surface area contributed by atoms with E-state index in [2.05, 4.69) is 43.2 Å². The summed E-state index contributed by atoms with van der Waals surface area (Å²) in [6.45, 7) is 1.53. The lowest BCUT2D eigenvalue weighted by Crippen LogP contribution is -2.35. The number of fused-ring (bicyclic) bond motifs is 3. The van der Waals surface area contributed by atoms with Crippen molar-refractivity contribution in [2.24, 2.45) is 0 Å². The van der Waals surface area contributed by atoms with E-state index in [1.54, 1.807) is 4.90 Å². The SMILES string of the molecule is CC(=O)N1c2ccccc2-c2nnc(SCc3ccccc3)nc2O[C@@H]1c1ccc(Br)s1. The number of rotatable bonds is 4. The Balaban J connectivity index is 1.58. The fourth-order valence-corrected chi connectivity index (χ4v) is 5.66. The third-order valence-corrected chi connectivity index (χ3v) is 7.46. The Morgan fingerprint density at radius 2 is 1.88 bits per heavy atom. The molecular formula is C23H17BrN4O2S2. The quantitative estimate of drug-likeness (QED) is 0.300. The third-order valence-electron chi connectivity index (χ3n) is 4.90. The topological polar surface area (TPSA) is 68.2 Å². The normalized spacial score (nSPS) is 14.8. The van der Waals surface area contributed by atoms with Crippen molar-refractivity contribution in [3.05, 3.63) is 81.0 Å². The van der Waals surface area contributed by atoms with Gasteiger partial charge in [0.1, 0.15) is 0 Å². The van der Waals surface area contributed by atoms with Gasteiger partial charge in [0.2, 0.25) is 23.2 Å². The fourth-order valence-electron chi connectivity index (χ4n) is 3.48. The molecule has 5 rings (SSSR count). The molecule has 160 valence electrons. The van der Waals surface area contributed by atoms with Crippen LogP contribution in [0.1, 0.15) is 23.6 Å². The zero-order chi connectivity index (χ0) is 22.1. The van der Waals surface area contributed by atoms with Crippen LogP contribution in [-0.2, 0) is 10.5 Å². The number of carbonyl (C=O) groups is 1. The van der Waals surface area contributed by atoms with Crippen LogP contribution in [0.4, 0.5) is 5.69 Å². The van der Waals surface area contributed by atoms with Gasteiger partial charge < -0.3 is 4.74 Å². The standard InChI is InChI=1S/C23H17BrN4O2S2/c1-14(29)28-17-10-6-5-9-16(17)20-21(30-22(28)18-11-12-19(24)32-18)25-23(27-26-20)31-13-15-7-3-2-4-8-15/h2-12,22H,13H2,1H3/t22-/m1/s1. The van der Waals surface area contributed by atoms with E-state index in [1.807, 2.05) is 54.6 Å². The minimum Gasteiger partial charge on any atom is -0.446 e. The van der Waals surface area contributed by atoms with Crippen molar-refractivity contribution in [2.75, 3.05) is 4.90 Å². The summed E-state index contributed by atoms with van der Waals surface area (Å²) in [4.78, 5) is 20.0. The first-order valence-electron chi connectivity index (χ1n) is 9.82. The molecule has 2 aromatic heterocycles. The number of halogens is 1. The van der Waals surface area contributed by atoms with E-state index in [0.717, 1.165) is 20.0 Å². The van der Waals surface area contributed by atoms with Gasteiger partial charge in [-0.05, 0) is 39.7 Å². The highest BCUT2D eigenvalue weighted by molar-refractivity contribution is 9.11. The van der Waals surface area contributed by atoms with Gasteiger partial charge in [-0.15, -0.1) is 21.5 Å². The molecule has 4 aromatic rings. The van der Waals surface area contributed by atoms with Crippen molar-refractivity contribution in [2.45, 2.75) is 24.1 Å². The van der Waals surface area contributed by atoms with Gasteiger partial charge in [-0.2, -0.15) is 4.98 Å². The van der Waals surface area contributed by atoms with Crippen LogP contribution in [0.15, 0.2) is 75.7 Å². The monoisotopic (exact) mass is 524 g/mol. The van der Waals surface area contributed by atoms with E-state index in [9.17, 15) is 4.79 Å². The van der Waals surface area contributed by atoms with E-state index in [1.165, 1.54) is 35.6 Å². The first kappa shape index (κ1) is 21.1.